The van der Waals surface area contributed by atoms with Crippen molar-refractivity contribution >= 4 is 16.8 Å². The Morgan fingerprint density at radius 1 is 1.32 bits per heavy atom. The van der Waals surface area contributed by atoms with E-state index in [0.717, 1.165) is 36.2 Å². The predicted octanol–water partition coefficient (Wildman–Crippen LogP) is 3.60. The van der Waals surface area contributed by atoms with E-state index in [9.17, 15) is 4.79 Å². The van der Waals surface area contributed by atoms with E-state index >= 15 is 0 Å². The average molecular weight is 258 g/mol. The van der Waals surface area contributed by atoms with Gasteiger partial charge in [-0.25, -0.2) is 4.98 Å². The number of aryl methyl sites for hydroxylation is 1. The first-order valence-corrected chi connectivity index (χ1v) is 7.14. The lowest BCUT2D eigenvalue weighted by molar-refractivity contribution is -0.121. The molecule has 19 heavy (non-hydrogen) atoms. The molecule has 0 fully saturated rings. The summed E-state index contributed by atoms with van der Waals surface area (Å²) < 4.78 is 2.19. The van der Waals surface area contributed by atoms with Gasteiger partial charge in [-0.2, -0.15) is 0 Å². The molecule has 0 spiro atoms. The third-order valence-corrected chi connectivity index (χ3v) is 3.68. The fraction of sp³-hybridized carbons (Fsp3) is 0.500. The van der Waals surface area contributed by atoms with E-state index in [2.05, 4.69) is 29.5 Å². The Morgan fingerprint density at radius 2 is 2.05 bits per heavy atom. The first-order chi connectivity index (χ1) is 9.17. The summed E-state index contributed by atoms with van der Waals surface area (Å²) in [7, 11) is 0. The second-order valence-electron chi connectivity index (χ2n) is 5.12. The molecule has 1 heterocycles. The molecular weight excluding hydrogens is 236 g/mol. The number of benzene rings is 1. The predicted molar refractivity (Wildman–Crippen MR) is 78.2 cm³/mol. The smallest absolute Gasteiger partial charge is 0.143 e. The Bertz CT molecular complexity index is 571. The van der Waals surface area contributed by atoms with Crippen LogP contribution in [0.1, 0.15) is 39.4 Å². The van der Waals surface area contributed by atoms with Crippen molar-refractivity contribution < 1.29 is 4.79 Å². The maximum absolute atomic E-state index is 12.1. The first-order valence-electron chi connectivity index (χ1n) is 7.14. The molecule has 102 valence electrons. The van der Waals surface area contributed by atoms with Gasteiger partial charge in [0.15, 0.2) is 0 Å². The second-order valence-corrected chi connectivity index (χ2v) is 5.12. The number of para-hydroxylation sites is 2. The zero-order valence-electron chi connectivity index (χ0n) is 12.0. The fourth-order valence-corrected chi connectivity index (χ4v) is 2.29. The van der Waals surface area contributed by atoms with Crippen LogP contribution in [-0.2, 0) is 17.8 Å². The minimum absolute atomic E-state index is 0.120. The zero-order chi connectivity index (χ0) is 13.8. The molecule has 0 aliphatic heterocycles. The molecule has 0 saturated heterocycles. The van der Waals surface area contributed by atoms with E-state index < -0.39 is 0 Å². The molecule has 3 heteroatoms. The lowest BCUT2D eigenvalue weighted by Crippen LogP contribution is -2.16. The van der Waals surface area contributed by atoms with Crippen LogP contribution in [0.25, 0.3) is 11.0 Å². The molecule has 1 aromatic heterocycles. The lowest BCUT2D eigenvalue weighted by atomic mass is 10.0. The molecule has 0 aliphatic carbocycles. The van der Waals surface area contributed by atoms with Crippen LogP contribution in [0.15, 0.2) is 24.3 Å². The van der Waals surface area contributed by atoms with Crippen molar-refractivity contribution in [2.75, 3.05) is 0 Å². The lowest BCUT2D eigenvalue weighted by Gasteiger charge is -2.09. The van der Waals surface area contributed by atoms with Gasteiger partial charge in [-0.05, 0) is 25.0 Å². The Morgan fingerprint density at radius 3 is 2.74 bits per heavy atom. The summed E-state index contributed by atoms with van der Waals surface area (Å²) in [5.41, 5.74) is 2.12. The van der Waals surface area contributed by atoms with E-state index in [0.29, 0.717) is 6.42 Å². The SMILES string of the molecule is CCCn1c(CC(=O)C(C)CC)nc2ccccc21. The zero-order valence-corrected chi connectivity index (χ0v) is 12.0. The Hall–Kier alpha value is -1.64. The van der Waals surface area contributed by atoms with Crippen molar-refractivity contribution in [1.82, 2.24) is 9.55 Å². The highest BCUT2D eigenvalue weighted by molar-refractivity contribution is 5.84. The molecule has 0 N–H and O–H groups in total. The maximum Gasteiger partial charge on any atom is 0.143 e. The van der Waals surface area contributed by atoms with Gasteiger partial charge in [-0.3, -0.25) is 4.79 Å². The minimum Gasteiger partial charge on any atom is -0.328 e. The number of ketones is 1. The molecular formula is C16H22N2O. The van der Waals surface area contributed by atoms with E-state index in [1.807, 2.05) is 25.1 Å². The molecule has 0 radical (unpaired) electrons. The highest BCUT2D eigenvalue weighted by Crippen LogP contribution is 2.18. The number of carbonyl (C=O) groups is 1. The van der Waals surface area contributed by atoms with Crippen molar-refractivity contribution in [1.29, 1.82) is 0 Å². The molecule has 1 unspecified atom stereocenters. The number of nitrogens with zero attached hydrogens (tertiary/aromatic N) is 2. The van der Waals surface area contributed by atoms with Gasteiger partial charge < -0.3 is 4.57 Å². The monoisotopic (exact) mass is 258 g/mol. The average Bonchev–Trinajstić information content (AvgIpc) is 2.76. The standard InChI is InChI=1S/C16H22N2O/c1-4-10-18-14-9-7-6-8-13(14)17-16(18)11-15(19)12(3)5-2/h6-9,12H,4-5,10-11H2,1-3H3. The van der Waals surface area contributed by atoms with Gasteiger partial charge in [0.05, 0.1) is 17.5 Å². The number of hydrogen-bond donors (Lipinski definition) is 0. The summed E-state index contributed by atoms with van der Waals surface area (Å²) in [4.78, 5) is 16.8. The minimum atomic E-state index is 0.120. The number of fused-ring (bicyclic) bond motifs is 1. The molecule has 3 nitrogen and oxygen atoms in total. The van der Waals surface area contributed by atoms with Crippen LogP contribution in [0.3, 0.4) is 0 Å². The first kappa shape index (κ1) is 13.8. The van der Waals surface area contributed by atoms with Crippen molar-refractivity contribution in [2.45, 2.75) is 46.6 Å². The number of imidazole rings is 1. The molecule has 1 aromatic carbocycles. The molecule has 1 atom stereocenters. The van der Waals surface area contributed by atoms with E-state index in [1.165, 1.54) is 0 Å². The summed E-state index contributed by atoms with van der Waals surface area (Å²) in [5, 5.41) is 0. The van der Waals surface area contributed by atoms with Crippen molar-refractivity contribution in [2.24, 2.45) is 5.92 Å². The van der Waals surface area contributed by atoms with Crippen molar-refractivity contribution in [3.8, 4) is 0 Å². The second kappa shape index (κ2) is 6.00. The number of rotatable bonds is 6. The van der Waals surface area contributed by atoms with Crippen LogP contribution >= 0.6 is 0 Å². The third-order valence-electron chi connectivity index (χ3n) is 3.68. The molecule has 2 aromatic rings. The quantitative estimate of drug-likeness (QED) is 0.793. The van der Waals surface area contributed by atoms with E-state index in [4.69, 9.17) is 0 Å². The van der Waals surface area contributed by atoms with Gasteiger partial charge in [0.1, 0.15) is 11.6 Å². The largest absolute Gasteiger partial charge is 0.328 e. The van der Waals surface area contributed by atoms with Crippen LogP contribution in [0.2, 0.25) is 0 Å². The maximum atomic E-state index is 12.1. The number of Topliss-reactive ketones (excluding diaryl/α,β-unsaturated/α-hetero) is 1. The topological polar surface area (TPSA) is 34.9 Å². The van der Waals surface area contributed by atoms with Gasteiger partial charge in [0, 0.05) is 12.5 Å². The van der Waals surface area contributed by atoms with Crippen LogP contribution < -0.4 is 0 Å². The summed E-state index contributed by atoms with van der Waals surface area (Å²) in [6.45, 7) is 7.12. The van der Waals surface area contributed by atoms with Gasteiger partial charge in [-0.1, -0.05) is 32.9 Å². The molecule has 0 saturated carbocycles. The number of carbonyl (C=O) groups excluding carboxylic acids is 1. The molecule has 2 rings (SSSR count). The van der Waals surface area contributed by atoms with Crippen LogP contribution in [-0.4, -0.2) is 15.3 Å². The van der Waals surface area contributed by atoms with Gasteiger partial charge in [-0.15, -0.1) is 0 Å². The number of hydrogen-bond acceptors (Lipinski definition) is 2. The van der Waals surface area contributed by atoms with Gasteiger partial charge in [0.2, 0.25) is 0 Å². The van der Waals surface area contributed by atoms with Crippen molar-refractivity contribution in [3.05, 3.63) is 30.1 Å². The Labute approximate surface area is 114 Å². The highest BCUT2D eigenvalue weighted by atomic mass is 16.1. The van der Waals surface area contributed by atoms with Crippen molar-refractivity contribution in [3.63, 3.8) is 0 Å². The number of aromatic nitrogens is 2. The van der Waals surface area contributed by atoms with Gasteiger partial charge in [0.25, 0.3) is 0 Å². The summed E-state index contributed by atoms with van der Waals surface area (Å²) in [6.07, 6.45) is 2.39. The summed E-state index contributed by atoms with van der Waals surface area (Å²) in [6, 6.07) is 8.11. The highest BCUT2D eigenvalue weighted by Gasteiger charge is 2.16. The Balaban J connectivity index is 2.36. The Kier molecular flexibility index (Phi) is 4.35. The van der Waals surface area contributed by atoms with E-state index in [-0.39, 0.29) is 11.7 Å². The van der Waals surface area contributed by atoms with Crippen LogP contribution in [0.5, 0.6) is 0 Å². The fourth-order valence-electron chi connectivity index (χ4n) is 2.29. The van der Waals surface area contributed by atoms with Crippen LogP contribution in [0, 0.1) is 5.92 Å². The summed E-state index contributed by atoms with van der Waals surface area (Å²) >= 11 is 0. The molecule has 0 aliphatic rings. The normalized spacial score (nSPS) is 12.8. The van der Waals surface area contributed by atoms with Gasteiger partial charge >= 0.3 is 0 Å². The summed E-state index contributed by atoms with van der Waals surface area (Å²) in [5.74, 6) is 1.32. The third kappa shape index (κ3) is 2.86. The van der Waals surface area contributed by atoms with Crippen LogP contribution in [0.4, 0.5) is 0 Å². The van der Waals surface area contributed by atoms with E-state index in [1.54, 1.807) is 0 Å². The molecule has 0 amide bonds. The molecule has 0 bridgehead atoms.